The van der Waals surface area contributed by atoms with Crippen LogP contribution in [0.25, 0.3) is 0 Å². The van der Waals surface area contributed by atoms with Crippen molar-refractivity contribution in [3.8, 4) is 17.2 Å². The van der Waals surface area contributed by atoms with Crippen LogP contribution in [0.5, 0.6) is 17.2 Å². The first-order valence-electron chi connectivity index (χ1n) is 8.75. The van der Waals surface area contributed by atoms with Crippen molar-refractivity contribution < 1.29 is 23.0 Å². The second kappa shape index (κ2) is 8.64. The summed E-state index contributed by atoms with van der Waals surface area (Å²) in [6, 6.07) is 7.18. The van der Waals surface area contributed by atoms with Crippen LogP contribution >= 0.6 is 11.3 Å². The minimum absolute atomic E-state index is 0.0427. The molecule has 1 aliphatic rings. The molecule has 0 amide bonds. The lowest BCUT2D eigenvalue weighted by atomic mass is 9.91. The average Bonchev–Trinajstić information content (AvgIpc) is 3.33. The van der Waals surface area contributed by atoms with Crippen molar-refractivity contribution in [3.63, 3.8) is 0 Å². The quantitative estimate of drug-likeness (QED) is 0.537. The average molecular weight is 411 g/mol. The topological polar surface area (TPSA) is 64.1 Å². The van der Waals surface area contributed by atoms with Gasteiger partial charge in [-0.25, -0.2) is 0 Å². The van der Waals surface area contributed by atoms with Crippen LogP contribution in [0.4, 0.5) is 8.78 Å². The third-order valence-electron chi connectivity index (χ3n) is 4.33. The summed E-state index contributed by atoms with van der Waals surface area (Å²) in [5, 5.41) is 8.46. The van der Waals surface area contributed by atoms with Crippen molar-refractivity contribution in [2.75, 3.05) is 20.4 Å². The summed E-state index contributed by atoms with van der Waals surface area (Å²) in [5.74, 6) is 1.49. The molecule has 152 valence electrons. The largest absolute Gasteiger partial charge is 0.454 e. The fraction of sp³-hybridized carbons (Fsp3) is 0.421. The number of hydrogen-bond donors (Lipinski definition) is 2. The number of halogens is 2. The van der Waals surface area contributed by atoms with Crippen LogP contribution in [0.15, 0.2) is 34.6 Å². The van der Waals surface area contributed by atoms with Gasteiger partial charge in [0.25, 0.3) is 0 Å². The van der Waals surface area contributed by atoms with Crippen molar-refractivity contribution in [2.45, 2.75) is 32.4 Å². The van der Waals surface area contributed by atoms with Gasteiger partial charge in [-0.3, -0.25) is 4.99 Å². The van der Waals surface area contributed by atoms with E-state index < -0.39 is 6.61 Å². The zero-order valence-corrected chi connectivity index (χ0v) is 16.7. The van der Waals surface area contributed by atoms with E-state index in [9.17, 15) is 8.78 Å². The van der Waals surface area contributed by atoms with Gasteiger partial charge in [-0.05, 0) is 17.5 Å². The normalized spacial score (nSPS) is 13.7. The molecule has 0 saturated heterocycles. The highest BCUT2D eigenvalue weighted by Crippen LogP contribution is 2.38. The van der Waals surface area contributed by atoms with Crippen molar-refractivity contribution in [1.29, 1.82) is 0 Å². The molecule has 0 radical (unpaired) electrons. The maximum Gasteiger partial charge on any atom is 0.387 e. The number of nitrogens with zero attached hydrogens (tertiary/aromatic N) is 1. The Bertz CT molecular complexity index is 826. The van der Waals surface area contributed by atoms with Gasteiger partial charge in [0.1, 0.15) is 5.75 Å². The highest BCUT2D eigenvalue weighted by atomic mass is 32.1. The van der Waals surface area contributed by atoms with Crippen molar-refractivity contribution in [1.82, 2.24) is 10.6 Å². The molecule has 2 aromatic rings. The lowest BCUT2D eigenvalue weighted by Gasteiger charge is -2.25. The van der Waals surface area contributed by atoms with E-state index in [1.54, 1.807) is 24.5 Å². The highest BCUT2D eigenvalue weighted by Gasteiger charge is 2.23. The third kappa shape index (κ3) is 4.83. The van der Waals surface area contributed by atoms with Gasteiger partial charge < -0.3 is 24.8 Å². The first kappa shape index (κ1) is 20.2. The number of ether oxygens (including phenoxy) is 3. The summed E-state index contributed by atoms with van der Waals surface area (Å²) in [6.45, 7) is 2.31. The molecular formula is C19H23F2N3O3S. The van der Waals surface area contributed by atoms with Crippen LogP contribution in [0.1, 0.15) is 24.3 Å². The van der Waals surface area contributed by atoms with Crippen LogP contribution in [0.3, 0.4) is 0 Å². The summed E-state index contributed by atoms with van der Waals surface area (Å²) in [5.41, 5.74) is 0.444. The van der Waals surface area contributed by atoms with E-state index >= 15 is 0 Å². The molecule has 0 spiro atoms. The second-order valence-corrected chi connectivity index (χ2v) is 7.78. The number of benzene rings is 1. The molecule has 2 heterocycles. The minimum atomic E-state index is -2.93. The number of thiophene rings is 1. The maximum absolute atomic E-state index is 12.8. The van der Waals surface area contributed by atoms with Gasteiger partial charge in [0.2, 0.25) is 6.79 Å². The van der Waals surface area contributed by atoms with E-state index in [0.717, 1.165) is 0 Å². The molecule has 6 nitrogen and oxygen atoms in total. The third-order valence-corrected chi connectivity index (χ3v) is 5.56. The van der Waals surface area contributed by atoms with Gasteiger partial charge in [0.15, 0.2) is 17.5 Å². The number of nitrogens with one attached hydrogen (secondary N) is 2. The summed E-state index contributed by atoms with van der Waals surface area (Å²) in [4.78, 5) is 5.47. The van der Waals surface area contributed by atoms with Gasteiger partial charge in [-0.2, -0.15) is 8.78 Å². The number of fused-ring (bicyclic) bond motifs is 1. The number of guanidine groups is 1. The smallest absolute Gasteiger partial charge is 0.387 e. The van der Waals surface area contributed by atoms with Gasteiger partial charge in [0, 0.05) is 42.1 Å². The van der Waals surface area contributed by atoms with E-state index in [1.165, 1.54) is 10.9 Å². The molecule has 0 fully saturated rings. The molecule has 0 unspecified atom stereocenters. The fourth-order valence-corrected chi connectivity index (χ4v) is 3.62. The molecule has 1 aromatic heterocycles. The predicted octanol–water partition coefficient (Wildman–Crippen LogP) is 3.72. The number of rotatable bonds is 7. The van der Waals surface area contributed by atoms with Crippen LogP contribution in [-0.2, 0) is 12.0 Å². The van der Waals surface area contributed by atoms with E-state index in [2.05, 4.69) is 40.3 Å². The Morgan fingerprint density at radius 2 is 2.04 bits per heavy atom. The number of aliphatic imine (C=N–C) groups is 1. The lowest BCUT2D eigenvalue weighted by Crippen LogP contribution is -2.43. The molecule has 1 aromatic carbocycles. The van der Waals surface area contributed by atoms with Crippen LogP contribution in [-0.4, -0.2) is 33.0 Å². The standard InChI is InChI=1S/C19H23F2N3O3S/c1-19(2,16-5-4-6-28-16)10-24-18(22-3)23-9-12-7-14-15(26-11-25-14)8-13(12)27-17(20)21/h4-8,17H,9-11H2,1-3H3,(H2,22,23,24). The zero-order chi connectivity index (χ0) is 20.1. The van der Waals surface area contributed by atoms with Crippen LogP contribution < -0.4 is 24.8 Å². The van der Waals surface area contributed by atoms with Crippen molar-refractivity contribution in [2.24, 2.45) is 4.99 Å². The van der Waals surface area contributed by atoms with Gasteiger partial charge >= 0.3 is 6.61 Å². The molecule has 0 aliphatic carbocycles. The van der Waals surface area contributed by atoms with Gasteiger partial charge in [0.05, 0.1) is 0 Å². The Morgan fingerprint density at radius 3 is 2.68 bits per heavy atom. The molecule has 3 rings (SSSR count). The van der Waals surface area contributed by atoms with E-state index in [1.807, 2.05) is 11.4 Å². The van der Waals surface area contributed by atoms with Gasteiger partial charge in [-0.15, -0.1) is 11.3 Å². The monoisotopic (exact) mass is 411 g/mol. The molecule has 0 atom stereocenters. The van der Waals surface area contributed by atoms with Crippen molar-refractivity contribution in [3.05, 3.63) is 40.1 Å². The lowest BCUT2D eigenvalue weighted by molar-refractivity contribution is -0.0505. The Hall–Kier alpha value is -2.55. The molecule has 2 N–H and O–H groups in total. The van der Waals surface area contributed by atoms with Gasteiger partial charge in [-0.1, -0.05) is 19.9 Å². The van der Waals surface area contributed by atoms with E-state index in [4.69, 9.17) is 9.47 Å². The summed E-state index contributed by atoms with van der Waals surface area (Å²) in [7, 11) is 1.66. The van der Waals surface area contributed by atoms with Crippen LogP contribution in [0.2, 0.25) is 0 Å². The Kier molecular flexibility index (Phi) is 6.23. The van der Waals surface area contributed by atoms with E-state index in [-0.39, 0.29) is 24.5 Å². The predicted molar refractivity (Wildman–Crippen MR) is 105 cm³/mol. The van der Waals surface area contributed by atoms with Crippen molar-refractivity contribution >= 4 is 17.3 Å². The Morgan fingerprint density at radius 1 is 1.29 bits per heavy atom. The number of hydrogen-bond acceptors (Lipinski definition) is 5. The van der Waals surface area contributed by atoms with E-state index in [0.29, 0.717) is 29.6 Å². The highest BCUT2D eigenvalue weighted by molar-refractivity contribution is 7.10. The zero-order valence-electron chi connectivity index (χ0n) is 15.9. The summed E-state index contributed by atoms with van der Waals surface area (Å²) >= 11 is 1.70. The Balaban J connectivity index is 1.65. The minimum Gasteiger partial charge on any atom is -0.454 e. The maximum atomic E-state index is 12.8. The molecule has 9 heteroatoms. The summed E-state index contributed by atoms with van der Waals surface area (Å²) < 4.78 is 40.7. The molecule has 0 saturated carbocycles. The SMILES string of the molecule is CN=C(NCc1cc2c(cc1OC(F)F)OCO2)NCC(C)(C)c1cccs1. The van der Waals surface area contributed by atoms with Crippen LogP contribution in [0, 0.1) is 0 Å². The number of alkyl halides is 2. The first-order valence-corrected chi connectivity index (χ1v) is 9.63. The molecule has 1 aliphatic heterocycles. The molecule has 0 bridgehead atoms. The second-order valence-electron chi connectivity index (χ2n) is 6.83. The molecular weight excluding hydrogens is 388 g/mol. The summed E-state index contributed by atoms with van der Waals surface area (Å²) in [6.07, 6.45) is 0. The molecule has 28 heavy (non-hydrogen) atoms. The first-order chi connectivity index (χ1) is 13.4. The fourth-order valence-electron chi connectivity index (χ4n) is 2.76. The Labute approximate surface area is 166 Å².